The van der Waals surface area contributed by atoms with Gasteiger partial charge in [0.2, 0.25) is 0 Å². The molecule has 0 amide bonds. The molecule has 2 aliphatic carbocycles. The van der Waals surface area contributed by atoms with Gasteiger partial charge in [-0.25, -0.2) is 18.1 Å². The molecule has 4 aliphatic rings. The molecule has 2 unspecified atom stereocenters. The van der Waals surface area contributed by atoms with Gasteiger partial charge in [-0.1, -0.05) is 30.3 Å². The van der Waals surface area contributed by atoms with Crippen LogP contribution in [0.1, 0.15) is 89.0 Å². The first-order valence-corrected chi connectivity index (χ1v) is 18.6. The summed E-state index contributed by atoms with van der Waals surface area (Å²) in [6, 6.07) is 17.2. The van der Waals surface area contributed by atoms with Crippen LogP contribution in [0.15, 0.2) is 59.6 Å². The van der Waals surface area contributed by atoms with Crippen LogP contribution in [-0.2, 0) is 27.4 Å². The fourth-order valence-electron chi connectivity index (χ4n) is 8.12. The highest BCUT2D eigenvalue weighted by Gasteiger charge is 2.39. The maximum absolute atomic E-state index is 12.9. The van der Waals surface area contributed by atoms with E-state index in [0.717, 1.165) is 79.4 Å². The summed E-state index contributed by atoms with van der Waals surface area (Å²) < 4.78 is 33.8. The van der Waals surface area contributed by atoms with Crippen molar-refractivity contribution in [3.05, 3.63) is 65.9 Å². The van der Waals surface area contributed by atoms with Crippen LogP contribution < -0.4 is 0 Å². The fourth-order valence-corrected chi connectivity index (χ4v) is 9.78. The summed E-state index contributed by atoms with van der Waals surface area (Å²) in [5.74, 6) is 0. The predicted octanol–water partition coefficient (Wildman–Crippen LogP) is 7.52. The van der Waals surface area contributed by atoms with Gasteiger partial charge in [-0.15, -0.1) is 0 Å². The zero-order chi connectivity index (χ0) is 30.8. The van der Waals surface area contributed by atoms with E-state index < -0.39 is 9.84 Å². The summed E-state index contributed by atoms with van der Waals surface area (Å²) in [6.07, 6.45) is 13.7. The number of likely N-dealkylation sites (tertiary alicyclic amines) is 1. The summed E-state index contributed by atoms with van der Waals surface area (Å²) in [6.45, 7) is 6.84. The summed E-state index contributed by atoms with van der Waals surface area (Å²) in [5.41, 5.74) is 7.96. The van der Waals surface area contributed by atoms with Crippen molar-refractivity contribution in [2.24, 2.45) is 0 Å². The topological polar surface area (TPSA) is 77.3 Å². The Bertz CT molecular complexity index is 1840. The molecule has 0 N–H and O–H groups in total. The van der Waals surface area contributed by atoms with E-state index in [1.54, 1.807) is 12.1 Å². The lowest BCUT2D eigenvalue weighted by atomic mass is 9.89. The second kappa shape index (κ2) is 11.3. The van der Waals surface area contributed by atoms with Crippen LogP contribution >= 0.6 is 0 Å². The quantitative estimate of drug-likeness (QED) is 0.207. The Hall–Kier alpha value is -3.07. The van der Waals surface area contributed by atoms with Crippen LogP contribution in [0.4, 0.5) is 0 Å². The van der Waals surface area contributed by atoms with Crippen molar-refractivity contribution < 1.29 is 13.2 Å². The number of sulfone groups is 1. The molecule has 2 aromatic heterocycles. The third kappa shape index (κ3) is 5.33. The van der Waals surface area contributed by atoms with Gasteiger partial charge in [0.1, 0.15) is 5.69 Å². The SMILES string of the molecule is C[C@@H]1CCCN1C1(C)CCc2ccc(-c3cnc4c(c3)c(-c3ccc(S(=O)(=O)C5CC5)cc3)nn4C3CCCCO3)cc2CC1. The molecule has 8 heteroatoms. The van der Waals surface area contributed by atoms with Crippen molar-refractivity contribution >= 4 is 20.9 Å². The average molecular weight is 625 g/mol. The highest BCUT2D eigenvalue weighted by molar-refractivity contribution is 7.92. The largest absolute Gasteiger partial charge is 0.356 e. The lowest BCUT2D eigenvalue weighted by Gasteiger charge is -2.41. The summed E-state index contributed by atoms with van der Waals surface area (Å²) in [7, 11) is -3.25. The van der Waals surface area contributed by atoms with Gasteiger partial charge in [-0.2, -0.15) is 5.10 Å². The first kappa shape index (κ1) is 29.3. The number of benzene rings is 2. The lowest BCUT2D eigenvalue weighted by Crippen LogP contribution is -2.48. The average Bonchev–Trinajstić information content (AvgIpc) is 3.78. The normalized spacial score (nSPS) is 26.2. The molecule has 2 aromatic carbocycles. The van der Waals surface area contributed by atoms with Crippen molar-refractivity contribution in [2.45, 2.75) is 112 Å². The van der Waals surface area contributed by atoms with Crippen molar-refractivity contribution in [1.29, 1.82) is 0 Å². The molecular formula is C37H44N4O3S. The molecule has 2 saturated heterocycles. The lowest BCUT2D eigenvalue weighted by molar-refractivity contribution is -0.0368. The molecular weight excluding hydrogens is 580 g/mol. The monoisotopic (exact) mass is 624 g/mol. The number of nitrogens with zero attached hydrogens (tertiary/aromatic N) is 4. The maximum Gasteiger partial charge on any atom is 0.181 e. The molecule has 3 fully saturated rings. The minimum absolute atomic E-state index is 0.150. The van der Waals surface area contributed by atoms with E-state index in [1.165, 1.54) is 48.9 Å². The van der Waals surface area contributed by atoms with Gasteiger partial charge in [0.15, 0.2) is 21.7 Å². The molecule has 0 spiro atoms. The molecule has 236 valence electrons. The van der Waals surface area contributed by atoms with Gasteiger partial charge < -0.3 is 4.74 Å². The molecule has 8 rings (SSSR count). The highest BCUT2D eigenvalue weighted by Crippen LogP contribution is 2.40. The van der Waals surface area contributed by atoms with Gasteiger partial charge in [0.25, 0.3) is 0 Å². The Morgan fingerprint density at radius 3 is 2.36 bits per heavy atom. The molecule has 2 aliphatic heterocycles. The Labute approximate surface area is 266 Å². The number of hydrogen-bond acceptors (Lipinski definition) is 6. The van der Waals surface area contributed by atoms with Crippen molar-refractivity contribution in [3.8, 4) is 22.4 Å². The highest BCUT2D eigenvalue weighted by atomic mass is 32.2. The van der Waals surface area contributed by atoms with Gasteiger partial charge >= 0.3 is 0 Å². The Morgan fingerprint density at radius 1 is 0.867 bits per heavy atom. The number of hydrogen-bond donors (Lipinski definition) is 0. The van der Waals surface area contributed by atoms with Gasteiger partial charge in [0, 0.05) is 40.9 Å². The summed E-state index contributed by atoms with van der Waals surface area (Å²) in [4.78, 5) is 8.17. The molecule has 4 aromatic rings. The van der Waals surface area contributed by atoms with Crippen LogP contribution in [0.5, 0.6) is 0 Å². The van der Waals surface area contributed by atoms with E-state index in [2.05, 4.69) is 43.0 Å². The Kier molecular flexibility index (Phi) is 7.38. The Morgan fingerprint density at radius 2 is 1.64 bits per heavy atom. The van der Waals surface area contributed by atoms with Crippen molar-refractivity contribution in [2.75, 3.05) is 13.2 Å². The summed E-state index contributed by atoms with van der Waals surface area (Å²) >= 11 is 0. The zero-order valence-corrected chi connectivity index (χ0v) is 27.4. The number of fused-ring (bicyclic) bond motifs is 2. The van der Waals surface area contributed by atoms with E-state index in [9.17, 15) is 8.42 Å². The van der Waals surface area contributed by atoms with Gasteiger partial charge in [0.05, 0.1) is 10.1 Å². The van der Waals surface area contributed by atoms with Gasteiger partial charge in [-0.3, -0.25) is 4.90 Å². The third-order valence-electron chi connectivity index (χ3n) is 11.0. The standard InChI is InChI=1S/C37H44N4O3S/c1-25-6-5-20-40(25)37(2)18-16-26-8-9-28(22-29(26)17-19-37)30-23-33-35(27-10-12-31(13-11-27)45(42,43)32-14-15-32)39-41(36(33)38-24-30)34-7-3-4-21-44-34/h8-13,22-25,32,34H,3-7,14-21H2,1-2H3/t25-,34?,37?/m1/s1. The second-order valence-electron chi connectivity index (χ2n) is 14.1. The first-order valence-electron chi connectivity index (χ1n) is 17.0. The van der Waals surface area contributed by atoms with Crippen LogP contribution in [0.25, 0.3) is 33.4 Å². The van der Waals surface area contributed by atoms with E-state index in [4.69, 9.17) is 14.8 Å². The van der Waals surface area contributed by atoms with E-state index in [1.807, 2.05) is 23.0 Å². The van der Waals surface area contributed by atoms with E-state index in [0.29, 0.717) is 10.9 Å². The van der Waals surface area contributed by atoms with Crippen LogP contribution in [0, 0.1) is 0 Å². The number of aryl methyl sites for hydroxylation is 2. The molecule has 4 heterocycles. The molecule has 45 heavy (non-hydrogen) atoms. The molecule has 0 radical (unpaired) electrons. The summed E-state index contributed by atoms with van der Waals surface area (Å²) in [5, 5.41) is 5.81. The number of aromatic nitrogens is 3. The fraction of sp³-hybridized carbons (Fsp3) is 0.514. The van der Waals surface area contributed by atoms with Crippen molar-refractivity contribution in [3.63, 3.8) is 0 Å². The minimum Gasteiger partial charge on any atom is -0.356 e. The zero-order valence-electron chi connectivity index (χ0n) is 26.5. The molecule has 3 atom stereocenters. The van der Waals surface area contributed by atoms with Crippen LogP contribution in [-0.4, -0.2) is 58.1 Å². The third-order valence-corrected chi connectivity index (χ3v) is 13.3. The second-order valence-corrected chi connectivity index (χ2v) is 16.4. The number of pyridine rings is 1. The molecule has 0 bridgehead atoms. The van der Waals surface area contributed by atoms with Crippen LogP contribution in [0.3, 0.4) is 0 Å². The number of rotatable bonds is 6. The smallest absolute Gasteiger partial charge is 0.181 e. The Balaban J connectivity index is 1.15. The predicted molar refractivity (Wildman–Crippen MR) is 178 cm³/mol. The first-order chi connectivity index (χ1) is 21.8. The number of ether oxygens (including phenoxy) is 1. The van der Waals surface area contributed by atoms with E-state index >= 15 is 0 Å². The van der Waals surface area contributed by atoms with Crippen LogP contribution in [0.2, 0.25) is 0 Å². The van der Waals surface area contributed by atoms with E-state index in [-0.39, 0.29) is 17.0 Å². The minimum atomic E-state index is -3.25. The van der Waals surface area contributed by atoms with Crippen molar-refractivity contribution in [1.82, 2.24) is 19.7 Å². The molecule has 7 nitrogen and oxygen atoms in total. The molecule has 1 saturated carbocycles. The maximum atomic E-state index is 12.9. The van der Waals surface area contributed by atoms with Gasteiger partial charge in [-0.05, 0) is 126 Å².